The molecule has 0 atom stereocenters. The van der Waals surface area contributed by atoms with Crippen molar-refractivity contribution in [2.45, 2.75) is 17.7 Å². The quantitative estimate of drug-likeness (QED) is 0.859. The second-order valence-corrected chi connectivity index (χ2v) is 7.82. The predicted molar refractivity (Wildman–Crippen MR) is 95.4 cm³/mol. The van der Waals surface area contributed by atoms with Crippen LogP contribution in [0.15, 0.2) is 53.4 Å². The summed E-state index contributed by atoms with van der Waals surface area (Å²) in [4.78, 5) is 12.2. The Morgan fingerprint density at radius 1 is 1.08 bits per heavy atom. The molecule has 1 N–H and O–H groups in total. The van der Waals surface area contributed by atoms with E-state index in [0.717, 1.165) is 9.87 Å². The van der Waals surface area contributed by atoms with Crippen molar-refractivity contribution in [3.63, 3.8) is 0 Å². The maximum absolute atomic E-state index is 12.0. The minimum absolute atomic E-state index is 0.160. The Morgan fingerprint density at radius 2 is 1.68 bits per heavy atom. The molecule has 0 aromatic heterocycles. The number of nitriles is 1. The summed E-state index contributed by atoms with van der Waals surface area (Å²) < 4.78 is 25.1. The topological polar surface area (TPSA) is 90.3 Å². The molecule has 0 fully saturated rings. The average Bonchev–Trinajstić information content (AvgIpc) is 2.60. The first-order valence-electron chi connectivity index (χ1n) is 7.64. The van der Waals surface area contributed by atoms with Gasteiger partial charge in [-0.25, -0.2) is 12.7 Å². The largest absolute Gasteiger partial charge is 0.326 e. The van der Waals surface area contributed by atoms with Crippen LogP contribution >= 0.6 is 0 Å². The summed E-state index contributed by atoms with van der Waals surface area (Å²) in [7, 11) is -0.544. The van der Waals surface area contributed by atoms with Gasteiger partial charge in [0, 0.05) is 26.2 Å². The highest BCUT2D eigenvalue weighted by atomic mass is 32.2. The number of carbonyl (C=O) groups excluding carboxylic acids is 1. The van der Waals surface area contributed by atoms with Crippen LogP contribution in [0, 0.1) is 11.3 Å². The number of rotatable bonds is 6. The lowest BCUT2D eigenvalue weighted by Crippen LogP contribution is -2.22. The van der Waals surface area contributed by atoms with Gasteiger partial charge >= 0.3 is 0 Å². The van der Waals surface area contributed by atoms with Crippen molar-refractivity contribution in [1.29, 1.82) is 5.26 Å². The molecule has 0 heterocycles. The Hall–Kier alpha value is -2.69. The molecule has 0 radical (unpaired) electrons. The smallest absolute Gasteiger partial charge is 0.242 e. The zero-order valence-corrected chi connectivity index (χ0v) is 14.9. The highest BCUT2D eigenvalue weighted by Gasteiger charge is 2.16. The number of nitrogens with one attached hydrogen (secondary N) is 1. The molecule has 0 saturated heterocycles. The molecule has 0 aliphatic rings. The van der Waals surface area contributed by atoms with Gasteiger partial charge in [0.2, 0.25) is 15.9 Å². The first-order chi connectivity index (χ1) is 11.8. The van der Waals surface area contributed by atoms with Gasteiger partial charge in [-0.1, -0.05) is 12.1 Å². The highest BCUT2D eigenvalue weighted by molar-refractivity contribution is 7.89. The summed E-state index contributed by atoms with van der Waals surface area (Å²) in [6.07, 6.45) is 0.855. The molecule has 0 aliphatic heterocycles. The van der Waals surface area contributed by atoms with E-state index in [1.165, 1.54) is 26.2 Å². The third-order valence-corrected chi connectivity index (χ3v) is 5.47. The van der Waals surface area contributed by atoms with E-state index in [1.807, 2.05) is 18.2 Å². The normalized spacial score (nSPS) is 11.1. The molecule has 0 aliphatic carbocycles. The summed E-state index contributed by atoms with van der Waals surface area (Å²) >= 11 is 0. The van der Waals surface area contributed by atoms with E-state index >= 15 is 0 Å². The lowest BCUT2D eigenvalue weighted by molar-refractivity contribution is -0.116. The number of benzene rings is 2. The Bertz CT molecular complexity index is 881. The Morgan fingerprint density at radius 3 is 2.20 bits per heavy atom. The van der Waals surface area contributed by atoms with E-state index in [4.69, 9.17) is 5.26 Å². The van der Waals surface area contributed by atoms with Gasteiger partial charge in [0.1, 0.15) is 0 Å². The summed E-state index contributed by atoms with van der Waals surface area (Å²) in [6, 6.07) is 15.2. The van der Waals surface area contributed by atoms with Crippen LogP contribution in [0.3, 0.4) is 0 Å². The second-order valence-electron chi connectivity index (χ2n) is 5.67. The van der Waals surface area contributed by atoms with Crippen LogP contribution in [0.5, 0.6) is 0 Å². The van der Waals surface area contributed by atoms with E-state index in [-0.39, 0.29) is 10.8 Å². The maximum Gasteiger partial charge on any atom is 0.242 e. The van der Waals surface area contributed by atoms with Crippen molar-refractivity contribution in [1.82, 2.24) is 4.31 Å². The molecule has 2 aromatic rings. The van der Waals surface area contributed by atoms with Crippen LogP contribution in [-0.2, 0) is 21.2 Å². The number of anilines is 1. The molecule has 1 amide bonds. The third kappa shape index (κ3) is 4.89. The molecule has 0 unspecified atom stereocenters. The van der Waals surface area contributed by atoms with Crippen LogP contribution in [-0.4, -0.2) is 32.7 Å². The summed E-state index contributed by atoms with van der Waals surface area (Å²) in [6.45, 7) is 0. The van der Waals surface area contributed by atoms with Gasteiger partial charge in [0.05, 0.1) is 16.5 Å². The van der Waals surface area contributed by atoms with E-state index < -0.39 is 10.0 Å². The van der Waals surface area contributed by atoms with E-state index in [9.17, 15) is 13.2 Å². The van der Waals surface area contributed by atoms with Gasteiger partial charge in [-0.05, 0) is 48.4 Å². The summed E-state index contributed by atoms with van der Waals surface area (Å²) in [5.74, 6) is -0.160. The van der Waals surface area contributed by atoms with Gasteiger partial charge in [0.15, 0.2) is 0 Å². The molecular weight excluding hydrogens is 338 g/mol. The zero-order chi connectivity index (χ0) is 18.4. The molecule has 0 saturated carbocycles. The van der Waals surface area contributed by atoms with Gasteiger partial charge in [-0.2, -0.15) is 5.26 Å². The van der Waals surface area contributed by atoms with Crippen LogP contribution in [0.4, 0.5) is 5.69 Å². The third-order valence-electron chi connectivity index (χ3n) is 3.64. The minimum Gasteiger partial charge on any atom is -0.326 e. The zero-order valence-electron chi connectivity index (χ0n) is 14.1. The van der Waals surface area contributed by atoms with Crippen LogP contribution in [0.2, 0.25) is 0 Å². The first kappa shape index (κ1) is 18.6. The number of nitrogens with zero attached hydrogens (tertiary/aromatic N) is 2. The van der Waals surface area contributed by atoms with E-state index in [2.05, 4.69) is 5.32 Å². The number of sulfonamides is 1. The van der Waals surface area contributed by atoms with Crippen molar-refractivity contribution >= 4 is 21.6 Å². The Labute approximate surface area is 147 Å². The first-order valence-corrected chi connectivity index (χ1v) is 9.08. The molecule has 2 rings (SSSR count). The van der Waals surface area contributed by atoms with Crippen molar-refractivity contribution in [2.24, 2.45) is 0 Å². The van der Waals surface area contributed by atoms with Crippen molar-refractivity contribution in [3.05, 3.63) is 59.7 Å². The second kappa shape index (κ2) is 7.92. The van der Waals surface area contributed by atoms with Gasteiger partial charge in [0.25, 0.3) is 0 Å². The predicted octanol–water partition coefficient (Wildman–Crippen LogP) is 2.38. The van der Waals surface area contributed by atoms with Gasteiger partial charge in [-0.3, -0.25) is 4.79 Å². The molecule has 25 heavy (non-hydrogen) atoms. The van der Waals surface area contributed by atoms with Gasteiger partial charge < -0.3 is 5.32 Å². The van der Waals surface area contributed by atoms with Crippen LogP contribution in [0.1, 0.15) is 17.5 Å². The summed E-state index contributed by atoms with van der Waals surface area (Å²) in [5, 5.41) is 11.5. The maximum atomic E-state index is 12.0. The average molecular weight is 357 g/mol. The van der Waals surface area contributed by atoms with Crippen LogP contribution in [0.25, 0.3) is 0 Å². The standard InChI is InChI=1S/C18H19N3O3S/c1-21(2)25(23,24)17-10-8-16(9-11-17)20-18(22)12-7-14-3-5-15(13-19)6-4-14/h3-6,8-11H,7,12H2,1-2H3,(H,20,22). The SMILES string of the molecule is CN(C)S(=O)(=O)c1ccc(NC(=O)CCc2ccc(C#N)cc2)cc1. The fourth-order valence-electron chi connectivity index (χ4n) is 2.15. The Balaban J connectivity index is 1.93. The van der Waals surface area contributed by atoms with Gasteiger partial charge in [-0.15, -0.1) is 0 Å². The fraction of sp³-hybridized carbons (Fsp3) is 0.222. The minimum atomic E-state index is -3.48. The molecule has 7 heteroatoms. The molecule has 130 valence electrons. The molecule has 2 aromatic carbocycles. The molecule has 0 spiro atoms. The number of hydrogen-bond acceptors (Lipinski definition) is 4. The summed E-state index contributed by atoms with van der Waals surface area (Å²) in [5.41, 5.74) is 2.10. The Kier molecular flexibility index (Phi) is 5.91. The lowest BCUT2D eigenvalue weighted by Gasteiger charge is -2.12. The number of aryl methyl sites for hydroxylation is 1. The lowest BCUT2D eigenvalue weighted by atomic mass is 10.1. The number of hydrogen-bond donors (Lipinski definition) is 1. The van der Waals surface area contributed by atoms with E-state index in [1.54, 1.807) is 24.3 Å². The molecular formula is C18H19N3O3S. The molecule has 0 bridgehead atoms. The van der Waals surface area contributed by atoms with Crippen molar-refractivity contribution in [3.8, 4) is 6.07 Å². The monoisotopic (exact) mass is 357 g/mol. The van der Waals surface area contributed by atoms with Crippen molar-refractivity contribution in [2.75, 3.05) is 19.4 Å². The van der Waals surface area contributed by atoms with Crippen molar-refractivity contribution < 1.29 is 13.2 Å². The van der Waals surface area contributed by atoms with Crippen LogP contribution < -0.4 is 5.32 Å². The fourth-order valence-corrected chi connectivity index (χ4v) is 3.05. The highest BCUT2D eigenvalue weighted by Crippen LogP contribution is 2.17. The van der Waals surface area contributed by atoms with E-state index in [0.29, 0.717) is 24.1 Å². The number of carbonyl (C=O) groups is 1. The number of amides is 1. The molecule has 6 nitrogen and oxygen atoms in total.